The molecule has 29 heavy (non-hydrogen) atoms. The molecule has 0 spiro atoms. The third-order valence-electron chi connectivity index (χ3n) is 4.14. The molecule has 0 unspecified atom stereocenters. The Morgan fingerprint density at radius 3 is 2.14 bits per heavy atom. The number of carbonyl (C=O) groups excluding carboxylic acids is 1. The predicted molar refractivity (Wildman–Crippen MR) is 110 cm³/mol. The number of nitrogens with one attached hydrogen (secondary N) is 1. The van der Waals surface area contributed by atoms with Crippen molar-refractivity contribution in [2.45, 2.75) is 13.8 Å². The summed E-state index contributed by atoms with van der Waals surface area (Å²) in [4.78, 5) is 38.7. The summed E-state index contributed by atoms with van der Waals surface area (Å²) in [7, 11) is 0. The maximum atomic E-state index is 12.6. The van der Waals surface area contributed by atoms with Crippen molar-refractivity contribution in [3.05, 3.63) is 77.7 Å². The number of thiazole rings is 1. The van der Waals surface area contributed by atoms with Crippen LogP contribution in [0.2, 0.25) is 5.02 Å². The van der Waals surface area contributed by atoms with Gasteiger partial charge in [0.1, 0.15) is 5.56 Å². The summed E-state index contributed by atoms with van der Waals surface area (Å²) in [5, 5.41) is 25.8. The normalized spacial score (nSPS) is 10.6. The number of hydrogen-bond acceptors (Lipinski definition) is 7. The summed E-state index contributed by atoms with van der Waals surface area (Å²) in [5.74, 6) is -0.729. The molecule has 148 valence electrons. The van der Waals surface area contributed by atoms with Crippen molar-refractivity contribution in [1.29, 1.82) is 0 Å². The number of nitro groups is 2. The van der Waals surface area contributed by atoms with Gasteiger partial charge in [-0.25, -0.2) is 4.98 Å². The SMILES string of the molecule is Cc1sc(NC(=O)c2cc([N+](=O)[O-])c(C)c([N+](=O)[O-])c2)nc1-c1ccc(Cl)cc1. The Hall–Kier alpha value is -3.37. The lowest BCUT2D eigenvalue weighted by molar-refractivity contribution is -0.395. The number of aromatic nitrogens is 1. The van der Waals surface area contributed by atoms with E-state index in [0.717, 1.165) is 22.6 Å². The monoisotopic (exact) mass is 432 g/mol. The van der Waals surface area contributed by atoms with Gasteiger partial charge in [-0.15, -0.1) is 11.3 Å². The lowest BCUT2D eigenvalue weighted by Crippen LogP contribution is -2.13. The molecule has 9 nitrogen and oxygen atoms in total. The van der Waals surface area contributed by atoms with E-state index in [1.54, 1.807) is 24.3 Å². The Kier molecular flexibility index (Phi) is 5.57. The van der Waals surface area contributed by atoms with Crippen LogP contribution in [0.5, 0.6) is 0 Å². The largest absolute Gasteiger partial charge is 0.298 e. The van der Waals surface area contributed by atoms with Crippen LogP contribution in [0, 0.1) is 34.1 Å². The highest BCUT2D eigenvalue weighted by Crippen LogP contribution is 2.33. The van der Waals surface area contributed by atoms with Gasteiger partial charge in [-0.3, -0.25) is 30.3 Å². The Morgan fingerprint density at radius 2 is 1.62 bits per heavy atom. The number of nitro benzene ring substituents is 2. The van der Waals surface area contributed by atoms with Crippen molar-refractivity contribution in [1.82, 2.24) is 4.98 Å². The average molecular weight is 433 g/mol. The Balaban J connectivity index is 1.93. The van der Waals surface area contributed by atoms with E-state index in [4.69, 9.17) is 11.6 Å². The van der Waals surface area contributed by atoms with Crippen molar-refractivity contribution >= 4 is 45.4 Å². The molecule has 1 heterocycles. The summed E-state index contributed by atoms with van der Waals surface area (Å²) < 4.78 is 0. The summed E-state index contributed by atoms with van der Waals surface area (Å²) in [6, 6.07) is 9.05. The minimum absolute atomic E-state index is 0.119. The number of hydrogen-bond donors (Lipinski definition) is 1. The number of anilines is 1. The van der Waals surface area contributed by atoms with Gasteiger partial charge in [0.05, 0.1) is 21.1 Å². The van der Waals surface area contributed by atoms with Gasteiger partial charge in [-0.1, -0.05) is 23.7 Å². The first-order valence-electron chi connectivity index (χ1n) is 8.15. The summed E-state index contributed by atoms with van der Waals surface area (Å²) in [6.45, 7) is 3.10. The van der Waals surface area contributed by atoms with Crippen LogP contribution in [-0.4, -0.2) is 20.7 Å². The number of amides is 1. The van der Waals surface area contributed by atoms with Gasteiger partial charge in [0.25, 0.3) is 17.3 Å². The highest BCUT2D eigenvalue weighted by Gasteiger charge is 2.26. The number of aryl methyl sites for hydroxylation is 1. The number of benzene rings is 2. The van der Waals surface area contributed by atoms with Crippen molar-refractivity contribution in [3.8, 4) is 11.3 Å². The minimum Gasteiger partial charge on any atom is -0.298 e. The molecule has 3 rings (SSSR count). The third-order valence-corrected chi connectivity index (χ3v) is 5.28. The molecular formula is C18H13ClN4O5S. The molecule has 1 aromatic heterocycles. The zero-order valence-corrected chi connectivity index (χ0v) is 16.7. The Morgan fingerprint density at radius 1 is 1.07 bits per heavy atom. The summed E-state index contributed by atoms with van der Waals surface area (Å²) >= 11 is 7.11. The minimum atomic E-state index is -0.759. The summed E-state index contributed by atoms with van der Waals surface area (Å²) in [5.41, 5.74) is 0.151. The molecule has 0 aliphatic carbocycles. The van der Waals surface area contributed by atoms with Crippen LogP contribution in [0.3, 0.4) is 0 Å². The predicted octanol–water partition coefficient (Wildman–Crippen LogP) is 5.15. The van der Waals surface area contributed by atoms with Crippen LogP contribution >= 0.6 is 22.9 Å². The second-order valence-corrected chi connectivity index (χ2v) is 7.68. The number of nitrogens with zero attached hydrogens (tertiary/aromatic N) is 3. The maximum Gasteiger partial charge on any atom is 0.279 e. The van der Waals surface area contributed by atoms with E-state index >= 15 is 0 Å². The van der Waals surface area contributed by atoms with Gasteiger partial charge < -0.3 is 0 Å². The summed E-state index contributed by atoms with van der Waals surface area (Å²) in [6.07, 6.45) is 0. The first-order chi connectivity index (χ1) is 13.7. The topological polar surface area (TPSA) is 128 Å². The Labute approximate surface area is 173 Å². The molecule has 0 aliphatic rings. The zero-order valence-electron chi connectivity index (χ0n) is 15.1. The third kappa shape index (κ3) is 4.23. The lowest BCUT2D eigenvalue weighted by Gasteiger charge is -2.05. The van der Waals surface area contributed by atoms with Crippen LogP contribution in [0.1, 0.15) is 20.8 Å². The molecule has 0 saturated carbocycles. The van der Waals surface area contributed by atoms with E-state index in [-0.39, 0.29) is 16.3 Å². The molecule has 1 N–H and O–H groups in total. The Bertz CT molecular complexity index is 1110. The van der Waals surface area contributed by atoms with Gasteiger partial charge in [-0.05, 0) is 26.0 Å². The highest BCUT2D eigenvalue weighted by molar-refractivity contribution is 7.16. The fourth-order valence-electron chi connectivity index (χ4n) is 2.69. The molecule has 1 amide bonds. The van der Waals surface area contributed by atoms with Gasteiger partial charge >= 0.3 is 0 Å². The number of halogens is 1. The molecule has 3 aromatic rings. The van der Waals surface area contributed by atoms with Gasteiger partial charge in [0.2, 0.25) is 0 Å². The maximum absolute atomic E-state index is 12.6. The van der Waals surface area contributed by atoms with Crippen molar-refractivity contribution in [2.24, 2.45) is 0 Å². The molecule has 11 heteroatoms. The van der Waals surface area contributed by atoms with Crippen LogP contribution in [0.15, 0.2) is 36.4 Å². The van der Waals surface area contributed by atoms with Gasteiger partial charge in [-0.2, -0.15) is 0 Å². The molecule has 0 bridgehead atoms. The van der Waals surface area contributed by atoms with E-state index in [2.05, 4.69) is 10.3 Å². The van der Waals surface area contributed by atoms with Gasteiger partial charge in [0.15, 0.2) is 5.13 Å². The molecule has 2 aromatic carbocycles. The first kappa shape index (κ1) is 20.4. The van der Waals surface area contributed by atoms with Crippen LogP contribution in [0.25, 0.3) is 11.3 Å². The fourth-order valence-corrected chi connectivity index (χ4v) is 3.65. The number of rotatable bonds is 5. The first-order valence-corrected chi connectivity index (χ1v) is 9.35. The van der Waals surface area contributed by atoms with E-state index in [1.165, 1.54) is 18.3 Å². The van der Waals surface area contributed by atoms with E-state index in [9.17, 15) is 25.0 Å². The highest BCUT2D eigenvalue weighted by atomic mass is 35.5. The lowest BCUT2D eigenvalue weighted by atomic mass is 10.1. The molecule has 0 radical (unpaired) electrons. The quantitative estimate of drug-likeness (QED) is 0.438. The van der Waals surface area contributed by atoms with E-state index in [1.807, 2.05) is 6.92 Å². The second-order valence-electron chi connectivity index (χ2n) is 6.04. The zero-order chi connectivity index (χ0) is 21.3. The molecular weight excluding hydrogens is 420 g/mol. The van der Waals surface area contributed by atoms with E-state index < -0.39 is 27.1 Å². The van der Waals surface area contributed by atoms with Crippen molar-refractivity contribution in [2.75, 3.05) is 5.32 Å². The standard InChI is InChI=1S/C18H13ClN4O5S/c1-9-14(22(25)26)7-12(8-15(9)23(27)28)17(24)21-18-20-16(10(2)29-18)11-3-5-13(19)6-4-11/h3-8H,1-2H3,(H,20,21,24). The van der Waals surface area contributed by atoms with Crippen LogP contribution < -0.4 is 5.32 Å². The molecule has 0 saturated heterocycles. The molecule has 0 aliphatic heterocycles. The van der Waals surface area contributed by atoms with Crippen molar-refractivity contribution in [3.63, 3.8) is 0 Å². The van der Waals surface area contributed by atoms with Crippen molar-refractivity contribution < 1.29 is 14.6 Å². The number of carbonyl (C=O) groups is 1. The second kappa shape index (κ2) is 7.94. The van der Waals surface area contributed by atoms with Gasteiger partial charge in [0, 0.05) is 27.6 Å². The fraction of sp³-hybridized carbons (Fsp3) is 0.111. The average Bonchev–Trinajstić information content (AvgIpc) is 3.02. The van der Waals surface area contributed by atoms with Crippen LogP contribution in [0.4, 0.5) is 16.5 Å². The molecule has 0 fully saturated rings. The van der Waals surface area contributed by atoms with E-state index in [0.29, 0.717) is 10.7 Å². The van der Waals surface area contributed by atoms with Crippen LogP contribution in [-0.2, 0) is 0 Å². The smallest absolute Gasteiger partial charge is 0.279 e. The molecule has 0 atom stereocenters.